The molecule has 2 nitrogen and oxygen atoms in total. The van der Waals surface area contributed by atoms with Crippen molar-refractivity contribution in [3.8, 4) is 0 Å². The van der Waals surface area contributed by atoms with E-state index in [0.717, 1.165) is 0 Å². The van der Waals surface area contributed by atoms with Crippen molar-refractivity contribution in [1.82, 2.24) is 0 Å². The number of sulfone groups is 1. The lowest BCUT2D eigenvalue weighted by atomic mass is 10.4. The molecule has 15 heavy (non-hydrogen) atoms. The third-order valence-corrected chi connectivity index (χ3v) is 7.46. The lowest BCUT2D eigenvalue weighted by molar-refractivity contribution is 0.597. The summed E-state index contributed by atoms with van der Waals surface area (Å²) in [7, 11) is 1.68. The molecule has 0 unspecified atom stereocenters. The van der Waals surface area contributed by atoms with Gasteiger partial charge in [-0.2, -0.15) is 0 Å². The summed E-state index contributed by atoms with van der Waals surface area (Å²) in [5.74, 6) is 0. The molecular weight excluding hydrogens is 322 g/mol. The van der Waals surface area contributed by atoms with Gasteiger partial charge >= 0.3 is 0 Å². The number of hydrogen-bond acceptors (Lipinski definition) is 3. The first-order valence-electron chi connectivity index (χ1n) is 3.49. The highest BCUT2D eigenvalue weighted by Crippen LogP contribution is 2.45. The van der Waals surface area contributed by atoms with Crippen LogP contribution in [0.25, 0.3) is 0 Å². The van der Waals surface area contributed by atoms with Crippen molar-refractivity contribution in [3.63, 3.8) is 0 Å². The van der Waals surface area contributed by atoms with E-state index in [1.165, 1.54) is 18.2 Å². The van der Waals surface area contributed by atoms with Gasteiger partial charge < -0.3 is 0 Å². The van der Waals surface area contributed by atoms with Crippen LogP contribution < -0.4 is 0 Å². The molecule has 8 heteroatoms. The molecule has 0 aliphatic carbocycles. The molecule has 0 N–H and O–H groups in total. The van der Waals surface area contributed by atoms with Crippen molar-refractivity contribution < 1.29 is 8.42 Å². The van der Waals surface area contributed by atoms with Gasteiger partial charge in [0.2, 0.25) is 9.84 Å². The van der Waals surface area contributed by atoms with E-state index < -0.39 is 12.8 Å². The van der Waals surface area contributed by atoms with Gasteiger partial charge in [-0.15, -0.1) is 0 Å². The molecule has 0 saturated heterocycles. The predicted octanol–water partition coefficient (Wildman–Crippen LogP) is 4.09. The van der Waals surface area contributed by atoms with Gasteiger partial charge in [-0.1, -0.05) is 40.9 Å². The van der Waals surface area contributed by atoms with Gasteiger partial charge in [-0.05, 0) is 28.9 Å². The third kappa shape index (κ3) is 2.87. The average molecular weight is 326 g/mol. The maximum Gasteiger partial charge on any atom is 0.282 e. The third-order valence-electron chi connectivity index (χ3n) is 1.51. The first kappa shape index (κ1) is 13.7. The highest BCUT2D eigenvalue weighted by molar-refractivity contribution is 8.31. The second kappa shape index (κ2) is 4.90. The van der Waals surface area contributed by atoms with Gasteiger partial charge in [0.25, 0.3) is 3.00 Å². The smallest absolute Gasteiger partial charge is 0.220 e. The van der Waals surface area contributed by atoms with Crippen LogP contribution in [-0.2, 0) is 9.84 Å². The standard InChI is InChI=1S/C7H4Cl4O2S2/c8-5-2-1-3-6(4-5)15(12,13)7(9,10)14-11/h1-4H. The number of alkyl halides is 2. The van der Waals surface area contributed by atoms with E-state index in [2.05, 4.69) is 0 Å². The summed E-state index contributed by atoms with van der Waals surface area (Å²) in [4.78, 5) is -0.0758. The zero-order valence-corrected chi connectivity index (χ0v) is 11.6. The van der Waals surface area contributed by atoms with Crippen molar-refractivity contribution in [3.05, 3.63) is 29.3 Å². The van der Waals surface area contributed by atoms with Gasteiger partial charge in [-0.3, -0.25) is 0 Å². The molecule has 0 aliphatic rings. The van der Waals surface area contributed by atoms with Crippen molar-refractivity contribution in [2.45, 2.75) is 7.89 Å². The molecule has 0 fully saturated rings. The van der Waals surface area contributed by atoms with E-state index in [9.17, 15) is 8.42 Å². The molecule has 0 radical (unpaired) electrons. The van der Waals surface area contributed by atoms with Gasteiger partial charge in [0.1, 0.15) is 0 Å². The Labute approximate surface area is 111 Å². The summed E-state index contributed by atoms with van der Waals surface area (Å²) in [6.45, 7) is 0. The van der Waals surface area contributed by atoms with Gasteiger partial charge in [-0.25, -0.2) is 8.42 Å². The SMILES string of the molecule is O=S(=O)(c1cccc(Cl)c1)C(Cl)(Cl)SCl. The van der Waals surface area contributed by atoms with Crippen LogP contribution in [0.1, 0.15) is 0 Å². The fraction of sp³-hybridized carbons (Fsp3) is 0.143. The Bertz CT molecular complexity index is 458. The Morgan fingerprint density at radius 2 is 1.87 bits per heavy atom. The van der Waals surface area contributed by atoms with Gasteiger partial charge in [0.05, 0.1) is 4.90 Å². The number of benzene rings is 1. The Balaban J connectivity index is 3.30. The summed E-state index contributed by atoms with van der Waals surface area (Å²) in [6, 6.07) is 5.62. The Kier molecular flexibility index (Phi) is 4.49. The Morgan fingerprint density at radius 3 is 2.33 bits per heavy atom. The van der Waals surface area contributed by atoms with Crippen molar-refractivity contribution in [2.75, 3.05) is 0 Å². The lowest BCUT2D eigenvalue weighted by Gasteiger charge is -2.15. The quantitative estimate of drug-likeness (QED) is 0.785. The summed E-state index contributed by atoms with van der Waals surface area (Å²) in [5.41, 5.74) is 0. The largest absolute Gasteiger partial charge is 0.282 e. The Hall–Kier alpha value is 0.680. The fourth-order valence-electron chi connectivity index (χ4n) is 0.813. The topological polar surface area (TPSA) is 34.1 Å². The normalized spacial score (nSPS) is 12.8. The highest BCUT2D eigenvalue weighted by Gasteiger charge is 2.42. The number of rotatable bonds is 3. The molecule has 0 amide bonds. The highest BCUT2D eigenvalue weighted by atomic mass is 35.7. The fourth-order valence-corrected chi connectivity index (χ4v) is 3.78. The minimum absolute atomic E-state index is 0.0758. The molecule has 0 spiro atoms. The van der Waals surface area contributed by atoms with E-state index in [4.69, 9.17) is 45.5 Å². The molecule has 0 bridgehead atoms. The summed E-state index contributed by atoms with van der Waals surface area (Å²) >= 11 is 16.8. The molecule has 0 saturated carbocycles. The number of halogens is 4. The van der Waals surface area contributed by atoms with Crippen LogP contribution in [0.2, 0.25) is 5.02 Å². The van der Waals surface area contributed by atoms with Crippen molar-refractivity contribution >= 4 is 66.3 Å². The van der Waals surface area contributed by atoms with Crippen LogP contribution in [0.5, 0.6) is 0 Å². The predicted molar refractivity (Wildman–Crippen MR) is 66.5 cm³/mol. The molecule has 1 rings (SSSR count). The molecule has 1 aromatic rings. The molecule has 0 heterocycles. The van der Waals surface area contributed by atoms with Crippen LogP contribution in [0.3, 0.4) is 0 Å². The second-order valence-corrected chi connectivity index (χ2v) is 8.74. The van der Waals surface area contributed by atoms with E-state index >= 15 is 0 Å². The van der Waals surface area contributed by atoms with Crippen LogP contribution in [0.15, 0.2) is 29.2 Å². The van der Waals surface area contributed by atoms with E-state index in [1.807, 2.05) is 0 Å². The van der Waals surface area contributed by atoms with Gasteiger partial charge in [0, 0.05) is 16.0 Å². The summed E-state index contributed by atoms with van der Waals surface area (Å²) in [5, 5.41) is 0.278. The molecule has 84 valence electrons. The molecule has 0 atom stereocenters. The van der Waals surface area contributed by atoms with Crippen LogP contribution in [0.4, 0.5) is 0 Å². The monoisotopic (exact) mass is 324 g/mol. The molecule has 1 aromatic carbocycles. The molecule has 0 aromatic heterocycles. The van der Waals surface area contributed by atoms with Crippen molar-refractivity contribution in [1.29, 1.82) is 0 Å². The minimum atomic E-state index is -3.93. The van der Waals surface area contributed by atoms with Gasteiger partial charge in [0.15, 0.2) is 0 Å². The zero-order chi connectivity index (χ0) is 11.7. The molecular formula is C7H4Cl4O2S2. The van der Waals surface area contributed by atoms with E-state index in [0.29, 0.717) is 11.0 Å². The first-order valence-corrected chi connectivity index (χ1v) is 7.75. The summed E-state index contributed by atoms with van der Waals surface area (Å²) in [6.07, 6.45) is 0. The maximum absolute atomic E-state index is 11.8. The maximum atomic E-state index is 11.8. The van der Waals surface area contributed by atoms with Crippen LogP contribution in [0, 0.1) is 0 Å². The van der Waals surface area contributed by atoms with E-state index in [1.54, 1.807) is 6.07 Å². The summed E-state index contributed by atoms with van der Waals surface area (Å²) < 4.78 is 21.5. The number of hydrogen-bond donors (Lipinski definition) is 0. The van der Waals surface area contributed by atoms with Crippen LogP contribution in [-0.4, -0.2) is 11.4 Å². The molecule has 0 aliphatic heterocycles. The first-order chi connectivity index (χ1) is 6.81. The van der Waals surface area contributed by atoms with Crippen molar-refractivity contribution in [2.24, 2.45) is 0 Å². The Morgan fingerprint density at radius 1 is 1.27 bits per heavy atom. The van der Waals surface area contributed by atoms with E-state index in [-0.39, 0.29) is 9.92 Å². The second-order valence-electron chi connectivity index (χ2n) is 2.50. The average Bonchev–Trinajstić information content (AvgIpc) is 2.17. The lowest BCUT2D eigenvalue weighted by Crippen LogP contribution is -2.21. The zero-order valence-electron chi connectivity index (χ0n) is 6.95. The van der Waals surface area contributed by atoms with Crippen LogP contribution >= 0.6 is 56.5 Å². The minimum Gasteiger partial charge on any atom is -0.220 e.